The number of anilines is 1. The molecule has 4 rings (SSSR count). The Labute approximate surface area is 194 Å². The number of thiazole rings is 1. The van der Waals surface area contributed by atoms with Gasteiger partial charge in [-0.15, -0.1) is 10.2 Å². The van der Waals surface area contributed by atoms with Crippen molar-refractivity contribution in [3.63, 3.8) is 0 Å². The number of carbonyl (C=O) groups is 1. The molecular formula is C21H21N5O3S3. The predicted molar refractivity (Wildman–Crippen MR) is 127 cm³/mol. The maximum absolute atomic E-state index is 12.7. The molecule has 32 heavy (non-hydrogen) atoms. The van der Waals surface area contributed by atoms with Crippen LogP contribution in [0.1, 0.15) is 18.3 Å². The zero-order valence-corrected chi connectivity index (χ0v) is 20.1. The molecule has 0 radical (unpaired) electrons. The van der Waals surface area contributed by atoms with Crippen LogP contribution in [0.4, 0.5) is 5.13 Å². The minimum Gasteiger partial charge on any atom is -0.308 e. The molecule has 0 saturated heterocycles. The molecule has 2 heterocycles. The van der Waals surface area contributed by atoms with Gasteiger partial charge in [-0.25, -0.2) is 13.4 Å². The Morgan fingerprint density at radius 3 is 2.59 bits per heavy atom. The Morgan fingerprint density at radius 1 is 1.16 bits per heavy atom. The molecule has 2 aromatic carbocycles. The molecule has 166 valence electrons. The first-order valence-corrected chi connectivity index (χ1v) is 13.1. The second kappa shape index (κ2) is 9.00. The summed E-state index contributed by atoms with van der Waals surface area (Å²) in [5, 5.41) is 11.5. The van der Waals surface area contributed by atoms with Gasteiger partial charge in [0.15, 0.2) is 20.1 Å². The van der Waals surface area contributed by atoms with E-state index in [9.17, 15) is 13.2 Å². The highest BCUT2D eigenvalue weighted by Gasteiger charge is 2.23. The number of fused-ring (bicyclic) bond motifs is 1. The summed E-state index contributed by atoms with van der Waals surface area (Å²) in [6.07, 6.45) is 0. The highest BCUT2D eigenvalue weighted by Crippen LogP contribution is 2.28. The highest BCUT2D eigenvalue weighted by atomic mass is 32.2. The molecule has 11 heteroatoms. The summed E-state index contributed by atoms with van der Waals surface area (Å²) in [4.78, 5) is 17.3. The second-order valence-electron chi connectivity index (χ2n) is 7.27. The molecule has 0 saturated carbocycles. The third kappa shape index (κ3) is 4.84. The van der Waals surface area contributed by atoms with Crippen LogP contribution in [-0.2, 0) is 27.4 Å². The Balaban J connectivity index is 1.43. The number of para-hydroxylation sites is 1. The summed E-state index contributed by atoms with van der Waals surface area (Å²) < 4.78 is 28.1. The molecule has 1 N–H and O–H groups in total. The average molecular weight is 488 g/mol. The zero-order chi connectivity index (χ0) is 22.9. The van der Waals surface area contributed by atoms with Crippen LogP contribution in [0.3, 0.4) is 0 Å². The Bertz CT molecular complexity index is 1340. The van der Waals surface area contributed by atoms with Gasteiger partial charge in [0.25, 0.3) is 0 Å². The van der Waals surface area contributed by atoms with Gasteiger partial charge < -0.3 is 9.88 Å². The van der Waals surface area contributed by atoms with Gasteiger partial charge in [-0.05, 0) is 38.1 Å². The normalized spacial score (nSPS) is 12.7. The summed E-state index contributed by atoms with van der Waals surface area (Å²) in [6.45, 7) is 3.65. The Morgan fingerprint density at radius 2 is 1.88 bits per heavy atom. The number of thioether (sulfide) groups is 1. The van der Waals surface area contributed by atoms with Gasteiger partial charge >= 0.3 is 0 Å². The lowest BCUT2D eigenvalue weighted by molar-refractivity contribution is -0.115. The number of rotatable bonds is 7. The third-order valence-electron chi connectivity index (χ3n) is 4.80. The smallest absolute Gasteiger partial charge is 0.239 e. The van der Waals surface area contributed by atoms with Crippen LogP contribution in [0.15, 0.2) is 58.6 Å². The van der Waals surface area contributed by atoms with E-state index in [1.807, 2.05) is 31.2 Å². The molecule has 0 aliphatic rings. The number of hydrogen-bond donors (Lipinski definition) is 1. The first-order chi connectivity index (χ1) is 15.2. The van der Waals surface area contributed by atoms with E-state index in [1.165, 1.54) is 23.1 Å². The van der Waals surface area contributed by atoms with Crippen molar-refractivity contribution in [2.45, 2.75) is 34.9 Å². The number of amides is 1. The molecule has 0 aliphatic carbocycles. The number of aryl methyl sites for hydroxylation is 1. The lowest BCUT2D eigenvalue weighted by Crippen LogP contribution is -2.22. The number of carbonyl (C=O) groups excluding carboxylic acids is 1. The van der Waals surface area contributed by atoms with E-state index >= 15 is 0 Å². The Kier molecular flexibility index (Phi) is 6.31. The monoisotopic (exact) mass is 487 g/mol. The van der Waals surface area contributed by atoms with Gasteiger partial charge in [0.1, 0.15) is 11.6 Å². The Hall–Kier alpha value is -2.76. The number of aromatic nitrogens is 4. The van der Waals surface area contributed by atoms with E-state index in [0.717, 1.165) is 15.8 Å². The molecule has 1 amide bonds. The van der Waals surface area contributed by atoms with E-state index in [4.69, 9.17) is 0 Å². The molecule has 2 aromatic heterocycles. The SMILES string of the molecule is Cc1ccc(S(=O)(=O)Cc2nnc(SC(C)C(=O)Nc3nc4ccccc4s3)n2C)cc1. The second-order valence-corrected chi connectivity index (χ2v) is 11.6. The fraction of sp³-hybridized carbons (Fsp3) is 0.238. The minimum atomic E-state index is -3.56. The van der Waals surface area contributed by atoms with Gasteiger partial charge in [-0.1, -0.05) is 52.9 Å². The molecule has 8 nitrogen and oxygen atoms in total. The van der Waals surface area contributed by atoms with Crippen LogP contribution in [-0.4, -0.2) is 39.3 Å². The van der Waals surface area contributed by atoms with E-state index in [1.54, 1.807) is 42.8 Å². The van der Waals surface area contributed by atoms with Crippen molar-refractivity contribution in [2.24, 2.45) is 7.05 Å². The maximum Gasteiger partial charge on any atom is 0.239 e. The molecule has 1 atom stereocenters. The number of hydrogen-bond acceptors (Lipinski definition) is 8. The number of nitrogens with zero attached hydrogens (tertiary/aromatic N) is 4. The third-order valence-corrected chi connectivity index (χ3v) is 8.51. The van der Waals surface area contributed by atoms with Crippen LogP contribution >= 0.6 is 23.1 Å². The van der Waals surface area contributed by atoms with Crippen LogP contribution in [0, 0.1) is 6.92 Å². The molecule has 0 bridgehead atoms. The summed E-state index contributed by atoms with van der Waals surface area (Å²) in [5.41, 5.74) is 1.82. The standard InChI is InChI=1S/C21H21N5O3S3/c1-13-8-10-15(11-9-13)32(28,29)12-18-24-25-21(26(18)3)30-14(2)19(27)23-20-22-16-6-4-5-7-17(16)31-20/h4-11,14H,12H2,1-3H3,(H,22,23,27). The van der Waals surface area contributed by atoms with Gasteiger partial charge in [0.2, 0.25) is 5.91 Å². The summed E-state index contributed by atoms with van der Waals surface area (Å²) >= 11 is 2.62. The first kappa shape index (κ1) is 22.4. The van der Waals surface area contributed by atoms with Crippen molar-refractivity contribution in [2.75, 3.05) is 5.32 Å². The van der Waals surface area contributed by atoms with Crippen molar-refractivity contribution in [1.82, 2.24) is 19.7 Å². The molecule has 0 spiro atoms. The van der Waals surface area contributed by atoms with Crippen molar-refractivity contribution < 1.29 is 13.2 Å². The van der Waals surface area contributed by atoms with E-state index in [0.29, 0.717) is 16.1 Å². The van der Waals surface area contributed by atoms with Crippen molar-refractivity contribution in [3.8, 4) is 0 Å². The van der Waals surface area contributed by atoms with Crippen molar-refractivity contribution >= 4 is 54.2 Å². The quantitative estimate of drug-likeness (QED) is 0.395. The van der Waals surface area contributed by atoms with Gasteiger partial charge in [0, 0.05) is 7.05 Å². The fourth-order valence-electron chi connectivity index (χ4n) is 2.92. The molecule has 0 aliphatic heterocycles. The van der Waals surface area contributed by atoms with Crippen LogP contribution < -0.4 is 5.32 Å². The summed E-state index contributed by atoms with van der Waals surface area (Å²) in [5.74, 6) is -0.176. The van der Waals surface area contributed by atoms with Crippen LogP contribution in [0.25, 0.3) is 10.2 Å². The summed E-state index contributed by atoms with van der Waals surface area (Å²) in [6, 6.07) is 14.4. The van der Waals surface area contributed by atoms with Crippen LogP contribution in [0.2, 0.25) is 0 Å². The van der Waals surface area contributed by atoms with Gasteiger partial charge in [-0.2, -0.15) is 0 Å². The zero-order valence-electron chi connectivity index (χ0n) is 17.6. The summed E-state index contributed by atoms with van der Waals surface area (Å²) in [7, 11) is -1.86. The lowest BCUT2D eigenvalue weighted by atomic mass is 10.2. The largest absolute Gasteiger partial charge is 0.308 e. The van der Waals surface area contributed by atoms with Crippen LogP contribution in [0.5, 0.6) is 0 Å². The minimum absolute atomic E-state index is 0.217. The molecule has 1 unspecified atom stereocenters. The number of sulfone groups is 1. The van der Waals surface area contributed by atoms with Gasteiger partial charge in [0.05, 0.1) is 20.4 Å². The van der Waals surface area contributed by atoms with Gasteiger partial charge in [-0.3, -0.25) is 4.79 Å². The molecule has 4 aromatic rings. The lowest BCUT2D eigenvalue weighted by Gasteiger charge is -2.10. The van der Waals surface area contributed by atoms with E-state index in [-0.39, 0.29) is 16.6 Å². The number of benzene rings is 2. The topological polar surface area (TPSA) is 107 Å². The first-order valence-electron chi connectivity index (χ1n) is 9.74. The molecule has 0 fully saturated rings. The predicted octanol–water partition coefficient (Wildman–Crippen LogP) is 3.83. The van der Waals surface area contributed by atoms with E-state index < -0.39 is 15.1 Å². The van der Waals surface area contributed by atoms with E-state index in [2.05, 4.69) is 20.5 Å². The van der Waals surface area contributed by atoms with Crippen molar-refractivity contribution in [3.05, 3.63) is 59.9 Å². The fourth-order valence-corrected chi connectivity index (χ4v) is 5.93. The van der Waals surface area contributed by atoms with Crippen molar-refractivity contribution in [1.29, 1.82) is 0 Å². The maximum atomic E-state index is 12.7. The average Bonchev–Trinajstić information content (AvgIpc) is 3.31. The number of nitrogens with one attached hydrogen (secondary N) is 1. The molecular weight excluding hydrogens is 466 g/mol. The highest BCUT2D eigenvalue weighted by molar-refractivity contribution is 8.00.